The lowest BCUT2D eigenvalue weighted by atomic mass is 9.56. The molecule has 1 heterocycles. The second-order valence-corrected chi connectivity index (χ2v) is 6.86. The van der Waals surface area contributed by atoms with Crippen LogP contribution in [0.1, 0.15) is 37.6 Å². The Hall–Kier alpha value is -1.85. The van der Waals surface area contributed by atoms with Crippen LogP contribution >= 0.6 is 0 Å². The summed E-state index contributed by atoms with van der Waals surface area (Å²) in [6, 6.07) is 7.49. The molecule has 2 aromatic rings. The maximum absolute atomic E-state index is 12.3. The zero-order chi connectivity index (χ0) is 16.7. The fraction of sp³-hybridized carbons (Fsp3) is 0.500. The third-order valence-electron chi connectivity index (χ3n) is 5.25. The molecule has 0 radical (unpaired) electrons. The largest absolute Gasteiger partial charge is 0.387 e. The van der Waals surface area contributed by atoms with Crippen molar-refractivity contribution in [2.45, 2.75) is 38.9 Å². The van der Waals surface area contributed by atoms with E-state index in [0.29, 0.717) is 18.6 Å². The van der Waals surface area contributed by atoms with Gasteiger partial charge >= 0.3 is 0 Å². The molecule has 23 heavy (non-hydrogen) atoms. The Labute approximate surface area is 136 Å². The van der Waals surface area contributed by atoms with E-state index in [2.05, 4.69) is 10.3 Å². The molecule has 1 fully saturated rings. The van der Waals surface area contributed by atoms with E-state index >= 15 is 0 Å². The summed E-state index contributed by atoms with van der Waals surface area (Å²) in [6.45, 7) is 6.77. The van der Waals surface area contributed by atoms with Crippen molar-refractivity contribution < 1.29 is 14.6 Å². The first-order valence-electron chi connectivity index (χ1n) is 8.07. The molecule has 2 atom stereocenters. The van der Waals surface area contributed by atoms with Crippen molar-refractivity contribution in [2.24, 2.45) is 5.41 Å². The number of hydrogen-bond donors (Lipinski definition) is 3. The van der Waals surface area contributed by atoms with Crippen LogP contribution in [-0.4, -0.2) is 40.9 Å². The Bertz CT molecular complexity index is 722. The molecule has 1 saturated carbocycles. The Morgan fingerprint density at radius 1 is 1.43 bits per heavy atom. The van der Waals surface area contributed by atoms with E-state index in [-0.39, 0.29) is 24.0 Å². The quantitative estimate of drug-likeness (QED) is 0.793. The van der Waals surface area contributed by atoms with Gasteiger partial charge in [0.05, 0.1) is 11.7 Å². The fourth-order valence-electron chi connectivity index (χ4n) is 3.28. The van der Waals surface area contributed by atoms with E-state index in [0.717, 1.165) is 10.9 Å². The normalized spacial score (nSPS) is 26.0. The van der Waals surface area contributed by atoms with Gasteiger partial charge < -0.3 is 20.1 Å². The molecule has 3 rings (SSSR count). The van der Waals surface area contributed by atoms with Crippen molar-refractivity contribution in [1.29, 1.82) is 0 Å². The van der Waals surface area contributed by atoms with Crippen molar-refractivity contribution >= 4 is 16.8 Å². The molecule has 124 valence electrons. The summed E-state index contributed by atoms with van der Waals surface area (Å²) in [4.78, 5) is 15.4. The van der Waals surface area contributed by atoms with Gasteiger partial charge in [0.15, 0.2) is 0 Å². The van der Waals surface area contributed by atoms with Gasteiger partial charge in [0.2, 0.25) is 0 Å². The van der Waals surface area contributed by atoms with Crippen LogP contribution in [0.2, 0.25) is 0 Å². The van der Waals surface area contributed by atoms with Crippen LogP contribution in [0.15, 0.2) is 30.5 Å². The predicted molar refractivity (Wildman–Crippen MR) is 89.4 cm³/mol. The van der Waals surface area contributed by atoms with Crippen LogP contribution in [0.4, 0.5) is 0 Å². The SMILES string of the molecule is CCO[C@@H]1C[C@](O)(CNC(=O)c2ccc3cc[nH]c3c2)C1(C)C. The number of aromatic amines is 1. The van der Waals surface area contributed by atoms with Crippen LogP contribution in [0, 0.1) is 5.41 Å². The maximum Gasteiger partial charge on any atom is 0.251 e. The van der Waals surface area contributed by atoms with Gasteiger partial charge in [0, 0.05) is 42.3 Å². The standard InChI is InChI=1S/C18H24N2O3/c1-4-23-15-10-18(22,17(15,2)3)11-20-16(21)13-6-5-12-7-8-19-14(12)9-13/h5-9,15,19,22H,4,10-11H2,1-3H3,(H,20,21)/t15-,18+/m1/s1. The lowest BCUT2D eigenvalue weighted by molar-refractivity contribution is -0.237. The van der Waals surface area contributed by atoms with E-state index in [1.807, 2.05) is 45.2 Å². The molecule has 1 aromatic heterocycles. The Morgan fingerprint density at radius 3 is 2.91 bits per heavy atom. The molecule has 0 spiro atoms. The molecule has 1 amide bonds. The molecule has 0 saturated heterocycles. The molecule has 5 heteroatoms. The summed E-state index contributed by atoms with van der Waals surface area (Å²) >= 11 is 0. The minimum Gasteiger partial charge on any atom is -0.387 e. The summed E-state index contributed by atoms with van der Waals surface area (Å²) in [5.74, 6) is -0.175. The number of nitrogens with one attached hydrogen (secondary N) is 2. The summed E-state index contributed by atoms with van der Waals surface area (Å²) in [5.41, 5.74) is 0.206. The second-order valence-electron chi connectivity index (χ2n) is 6.86. The van der Waals surface area contributed by atoms with E-state index in [1.165, 1.54) is 0 Å². The average Bonchev–Trinajstić information content (AvgIpc) is 2.99. The molecule has 0 aliphatic heterocycles. The van der Waals surface area contributed by atoms with E-state index in [9.17, 15) is 9.90 Å². The highest BCUT2D eigenvalue weighted by Crippen LogP contribution is 2.50. The number of H-pyrrole nitrogens is 1. The first-order valence-corrected chi connectivity index (χ1v) is 8.07. The number of amides is 1. The van der Waals surface area contributed by atoms with E-state index in [1.54, 1.807) is 6.07 Å². The zero-order valence-corrected chi connectivity index (χ0v) is 13.8. The van der Waals surface area contributed by atoms with E-state index < -0.39 is 5.60 Å². The molecule has 3 N–H and O–H groups in total. The molecule has 0 bridgehead atoms. The summed E-state index contributed by atoms with van der Waals surface area (Å²) in [5, 5.41) is 14.7. The highest BCUT2D eigenvalue weighted by Gasteiger charge is 2.59. The third-order valence-corrected chi connectivity index (χ3v) is 5.25. The first-order chi connectivity index (χ1) is 10.9. The lowest BCUT2D eigenvalue weighted by Crippen LogP contribution is -2.68. The van der Waals surface area contributed by atoms with Crippen LogP contribution in [0.3, 0.4) is 0 Å². The molecule has 0 unspecified atom stereocenters. The van der Waals surface area contributed by atoms with Gasteiger partial charge in [-0.1, -0.05) is 19.9 Å². The number of fused-ring (bicyclic) bond motifs is 1. The lowest BCUT2D eigenvalue weighted by Gasteiger charge is -2.57. The second kappa shape index (κ2) is 5.65. The third kappa shape index (κ3) is 2.64. The van der Waals surface area contributed by atoms with Gasteiger partial charge in [-0.25, -0.2) is 0 Å². The fourth-order valence-corrected chi connectivity index (χ4v) is 3.28. The maximum atomic E-state index is 12.3. The first kappa shape index (κ1) is 16.0. The number of carbonyl (C=O) groups is 1. The molecule has 1 aromatic carbocycles. The van der Waals surface area contributed by atoms with E-state index in [4.69, 9.17) is 4.74 Å². The van der Waals surface area contributed by atoms with Crippen LogP contribution < -0.4 is 5.32 Å². The van der Waals surface area contributed by atoms with Crippen LogP contribution in [0.5, 0.6) is 0 Å². The predicted octanol–water partition coefficient (Wildman–Crippen LogP) is 2.46. The summed E-state index contributed by atoms with van der Waals surface area (Å²) in [7, 11) is 0. The average molecular weight is 316 g/mol. The summed E-state index contributed by atoms with van der Waals surface area (Å²) < 4.78 is 5.64. The highest BCUT2D eigenvalue weighted by atomic mass is 16.5. The van der Waals surface area contributed by atoms with Crippen molar-refractivity contribution in [3.8, 4) is 0 Å². The number of ether oxygens (including phenoxy) is 1. The van der Waals surface area contributed by atoms with Crippen LogP contribution in [0.25, 0.3) is 10.9 Å². The van der Waals surface area contributed by atoms with Gasteiger partial charge in [-0.05, 0) is 30.5 Å². The van der Waals surface area contributed by atoms with Crippen LogP contribution in [-0.2, 0) is 4.74 Å². The molecule has 5 nitrogen and oxygen atoms in total. The van der Waals surface area contributed by atoms with Crippen molar-refractivity contribution in [3.05, 3.63) is 36.0 Å². The van der Waals surface area contributed by atoms with Gasteiger partial charge in [-0.3, -0.25) is 4.79 Å². The minimum atomic E-state index is -0.932. The number of hydrogen-bond acceptors (Lipinski definition) is 3. The Kier molecular flexibility index (Phi) is 3.94. The van der Waals surface area contributed by atoms with Gasteiger partial charge in [0.1, 0.15) is 0 Å². The number of rotatable bonds is 5. The van der Waals surface area contributed by atoms with Crippen molar-refractivity contribution in [2.75, 3.05) is 13.2 Å². The molecular weight excluding hydrogens is 292 g/mol. The van der Waals surface area contributed by atoms with Crippen molar-refractivity contribution in [1.82, 2.24) is 10.3 Å². The summed E-state index contributed by atoms with van der Waals surface area (Å²) in [6.07, 6.45) is 2.42. The van der Waals surface area contributed by atoms with Gasteiger partial charge in [0.25, 0.3) is 5.91 Å². The van der Waals surface area contributed by atoms with Crippen molar-refractivity contribution in [3.63, 3.8) is 0 Å². The molecule has 1 aliphatic carbocycles. The molecular formula is C18H24N2O3. The highest BCUT2D eigenvalue weighted by molar-refractivity contribution is 5.97. The smallest absolute Gasteiger partial charge is 0.251 e. The monoisotopic (exact) mass is 316 g/mol. The Morgan fingerprint density at radius 2 is 2.22 bits per heavy atom. The minimum absolute atomic E-state index is 0.0321. The number of aliphatic hydroxyl groups is 1. The number of aromatic nitrogens is 1. The number of carbonyl (C=O) groups excluding carboxylic acids is 1. The molecule has 1 aliphatic rings. The van der Waals surface area contributed by atoms with Gasteiger partial charge in [-0.15, -0.1) is 0 Å². The topological polar surface area (TPSA) is 74.3 Å². The Balaban J connectivity index is 1.65. The number of benzene rings is 1. The van der Waals surface area contributed by atoms with Gasteiger partial charge in [-0.2, -0.15) is 0 Å². The zero-order valence-electron chi connectivity index (χ0n) is 13.8.